The maximum atomic E-state index is 13.7. The van der Waals surface area contributed by atoms with Gasteiger partial charge in [-0.15, -0.1) is 5.10 Å². The van der Waals surface area contributed by atoms with Crippen molar-refractivity contribution in [2.45, 2.75) is 31.4 Å². The highest BCUT2D eigenvalue weighted by molar-refractivity contribution is 5.77. The van der Waals surface area contributed by atoms with Crippen molar-refractivity contribution in [2.75, 3.05) is 13.2 Å². The minimum Gasteiger partial charge on any atom is -0.490 e. The molecule has 0 spiro atoms. The molecule has 1 saturated heterocycles. The zero-order valence-corrected chi connectivity index (χ0v) is 12.8. The number of aromatic nitrogens is 5. The number of rotatable bonds is 6. The minimum absolute atomic E-state index is 0.00208. The van der Waals surface area contributed by atoms with Gasteiger partial charge in [0.1, 0.15) is 18.7 Å². The number of tetrazole rings is 1. The highest BCUT2D eigenvalue weighted by Gasteiger charge is 2.47. The summed E-state index contributed by atoms with van der Waals surface area (Å²) in [6.45, 7) is -0.357. The normalized spacial score (nSPS) is 19.4. The number of halogens is 2. The van der Waals surface area contributed by atoms with Gasteiger partial charge in [0.25, 0.3) is 5.92 Å². The molecule has 8 nitrogen and oxygen atoms in total. The lowest BCUT2D eigenvalue weighted by molar-refractivity contribution is -0.134. The lowest BCUT2D eigenvalue weighted by Crippen LogP contribution is -2.39. The van der Waals surface area contributed by atoms with Crippen LogP contribution in [0.15, 0.2) is 30.9 Å². The van der Waals surface area contributed by atoms with Crippen LogP contribution in [0.2, 0.25) is 0 Å². The molecule has 1 aliphatic rings. The molecule has 2 aromatic heterocycles. The molecule has 10 heteroatoms. The molecule has 1 fully saturated rings. The number of amides is 1. The lowest BCUT2D eigenvalue weighted by atomic mass is 10.2. The average Bonchev–Trinajstić information content (AvgIpc) is 3.19. The van der Waals surface area contributed by atoms with E-state index in [4.69, 9.17) is 4.74 Å². The first-order valence-electron chi connectivity index (χ1n) is 7.44. The second-order valence-electron chi connectivity index (χ2n) is 5.56. The quantitative estimate of drug-likeness (QED) is 0.773. The average molecular weight is 338 g/mol. The van der Waals surface area contributed by atoms with Crippen LogP contribution in [0.3, 0.4) is 0 Å². The monoisotopic (exact) mass is 338 g/mol. The van der Waals surface area contributed by atoms with Crippen LogP contribution < -0.4 is 4.74 Å². The van der Waals surface area contributed by atoms with Gasteiger partial charge < -0.3 is 9.64 Å². The van der Waals surface area contributed by atoms with Crippen molar-refractivity contribution in [1.29, 1.82) is 0 Å². The molecule has 1 atom stereocenters. The predicted octanol–water partition coefficient (Wildman–Crippen LogP) is 0.773. The van der Waals surface area contributed by atoms with Gasteiger partial charge in [-0.25, -0.2) is 13.5 Å². The van der Waals surface area contributed by atoms with Crippen LogP contribution in [-0.4, -0.2) is 61.1 Å². The number of carbonyl (C=O) groups is 1. The van der Waals surface area contributed by atoms with Crippen molar-refractivity contribution in [3.8, 4) is 5.75 Å². The number of hydrogen-bond donors (Lipinski definition) is 0. The zero-order valence-electron chi connectivity index (χ0n) is 12.8. The Morgan fingerprint density at radius 1 is 1.46 bits per heavy atom. The van der Waals surface area contributed by atoms with Crippen LogP contribution in [0.1, 0.15) is 12.8 Å². The van der Waals surface area contributed by atoms with Gasteiger partial charge in [-0.2, -0.15) is 0 Å². The molecule has 0 aromatic carbocycles. The molecule has 24 heavy (non-hydrogen) atoms. The summed E-state index contributed by atoms with van der Waals surface area (Å²) in [6.07, 6.45) is 4.09. The van der Waals surface area contributed by atoms with Crippen molar-refractivity contribution >= 4 is 5.91 Å². The molecule has 0 N–H and O–H groups in total. The van der Waals surface area contributed by atoms with Gasteiger partial charge in [-0.3, -0.25) is 9.78 Å². The summed E-state index contributed by atoms with van der Waals surface area (Å²) < 4.78 is 34.4. The van der Waals surface area contributed by atoms with Gasteiger partial charge in [-0.1, -0.05) is 0 Å². The van der Waals surface area contributed by atoms with E-state index in [1.807, 2.05) is 0 Å². The van der Waals surface area contributed by atoms with E-state index in [0.717, 1.165) is 0 Å². The predicted molar refractivity (Wildman–Crippen MR) is 77.2 cm³/mol. The first kappa shape index (κ1) is 16.2. The topological polar surface area (TPSA) is 86.0 Å². The fourth-order valence-electron chi connectivity index (χ4n) is 2.60. The summed E-state index contributed by atoms with van der Waals surface area (Å²) in [5.74, 6) is -2.80. The van der Waals surface area contributed by atoms with Crippen molar-refractivity contribution in [2.24, 2.45) is 0 Å². The van der Waals surface area contributed by atoms with Crippen molar-refractivity contribution < 1.29 is 18.3 Å². The summed E-state index contributed by atoms with van der Waals surface area (Å²) in [6, 6.07) is 2.69. The molecule has 0 aliphatic carbocycles. The number of carbonyl (C=O) groups excluding carboxylic acids is 1. The molecule has 1 aliphatic heterocycles. The van der Waals surface area contributed by atoms with Crippen LogP contribution >= 0.6 is 0 Å². The third kappa shape index (κ3) is 4.00. The Kier molecular flexibility index (Phi) is 4.63. The summed E-state index contributed by atoms with van der Waals surface area (Å²) >= 11 is 0. The second-order valence-corrected chi connectivity index (χ2v) is 5.56. The zero-order chi connectivity index (χ0) is 17.0. The second kappa shape index (κ2) is 6.85. The molecular formula is C14H16F2N6O2. The molecule has 128 valence electrons. The Balaban J connectivity index is 1.59. The maximum absolute atomic E-state index is 13.7. The summed E-state index contributed by atoms with van der Waals surface area (Å²) in [7, 11) is 0. The van der Waals surface area contributed by atoms with E-state index < -0.39 is 24.9 Å². The van der Waals surface area contributed by atoms with Crippen molar-refractivity contribution in [1.82, 2.24) is 30.1 Å². The fraction of sp³-hybridized carbons (Fsp3) is 0.500. The van der Waals surface area contributed by atoms with Crippen LogP contribution in [0.4, 0.5) is 8.78 Å². The molecule has 0 saturated carbocycles. The molecule has 3 heterocycles. The Morgan fingerprint density at radius 2 is 2.33 bits per heavy atom. The van der Waals surface area contributed by atoms with Crippen LogP contribution in [0.25, 0.3) is 0 Å². The van der Waals surface area contributed by atoms with E-state index in [9.17, 15) is 13.6 Å². The van der Waals surface area contributed by atoms with Gasteiger partial charge in [0.2, 0.25) is 5.91 Å². The maximum Gasteiger partial charge on any atom is 0.267 e. The fourth-order valence-corrected chi connectivity index (χ4v) is 2.60. The molecule has 2 aromatic rings. The first-order chi connectivity index (χ1) is 11.5. The van der Waals surface area contributed by atoms with Gasteiger partial charge >= 0.3 is 0 Å². The first-order valence-corrected chi connectivity index (χ1v) is 7.44. The Morgan fingerprint density at radius 3 is 3.04 bits per heavy atom. The Bertz CT molecular complexity index is 667. The smallest absolute Gasteiger partial charge is 0.267 e. The number of aryl methyl sites for hydroxylation is 1. The van der Waals surface area contributed by atoms with E-state index in [-0.39, 0.29) is 25.5 Å². The van der Waals surface area contributed by atoms with E-state index >= 15 is 0 Å². The number of alkyl halides is 2. The highest BCUT2D eigenvalue weighted by Crippen LogP contribution is 2.32. The lowest BCUT2D eigenvalue weighted by Gasteiger charge is -2.24. The Hall–Kier alpha value is -2.65. The molecule has 0 bridgehead atoms. The molecule has 1 amide bonds. The van der Waals surface area contributed by atoms with Gasteiger partial charge in [0.15, 0.2) is 0 Å². The van der Waals surface area contributed by atoms with Crippen LogP contribution in [0, 0.1) is 0 Å². The molecule has 0 unspecified atom stereocenters. The van der Waals surface area contributed by atoms with E-state index in [1.54, 1.807) is 18.3 Å². The third-order valence-corrected chi connectivity index (χ3v) is 3.72. The number of likely N-dealkylation sites (tertiary alicyclic amines) is 1. The summed E-state index contributed by atoms with van der Waals surface area (Å²) in [5.41, 5.74) is 0. The van der Waals surface area contributed by atoms with Crippen LogP contribution in [-0.2, 0) is 11.3 Å². The minimum atomic E-state index is -2.91. The highest BCUT2D eigenvalue weighted by atomic mass is 19.3. The van der Waals surface area contributed by atoms with Gasteiger partial charge in [0.05, 0.1) is 25.3 Å². The Labute approximate surface area is 136 Å². The van der Waals surface area contributed by atoms with Crippen molar-refractivity contribution in [3.63, 3.8) is 0 Å². The number of hydrogen-bond acceptors (Lipinski definition) is 6. The number of pyridine rings is 1. The van der Waals surface area contributed by atoms with Gasteiger partial charge in [0, 0.05) is 19.0 Å². The summed E-state index contributed by atoms with van der Waals surface area (Å²) in [5, 5.41) is 10.6. The molecule has 3 rings (SSSR count). The van der Waals surface area contributed by atoms with E-state index in [1.165, 1.54) is 22.1 Å². The number of ether oxygens (including phenoxy) is 1. The SMILES string of the molecule is O=C(CCn1cnnn1)N1CC(F)(F)C[C@H]1COc1cccnc1. The standard InChI is InChI=1S/C14H16F2N6O2/c15-14(16)6-11(8-24-12-2-1-4-17-7-12)22(9-14)13(23)3-5-21-10-18-19-20-21/h1-2,4,7,10-11H,3,5-6,8-9H2/t11-/m0/s1. The molecular weight excluding hydrogens is 322 g/mol. The number of nitrogens with zero attached hydrogens (tertiary/aromatic N) is 6. The molecule has 0 radical (unpaired) electrons. The summed E-state index contributed by atoms with van der Waals surface area (Å²) in [4.78, 5) is 17.4. The van der Waals surface area contributed by atoms with E-state index in [0.29, 0.717) is 5.75 Å². The van der Waals surface area contributed by atoms with Crippen molar-refractivity contribution in [3.05, 3.63) is 30.9 Å². The van der Waals surface area contributed by atoms with E-state index in [2.05, 4.69) is 20.5 Å². The van der Waals surface area contributed by atoms with Crippen LogP contribution in [0.5, 0.6) is 5.75 Å². The van der Waals surface area contributed by atoms with Gasteiger partial charge in [-0.05, 0) is 22.6 Å². The third-order valence-electron chi connectivity index (χ3n) is 3.72. The largest absolute Gasteiger partial charge is 0.490 e.